The van der Waals surface area contributed by atoms with Crippen LogP contribution in [0.15, 0.2) is 41.8 Å². The molecule has 0 unspecified atom stereocenters. The van der Waals surface area contributed by atoms with Crippen LogP contribution in [-0.2, 0) is 22.6 Å². The minimum absolute atomic E-state index is 0.00670. The fourth-order valence-corrected chi connectivity index (χ4v) is 6.30. The van der Waals surface area contributed by atoms with Crippen LogP contribution in [0.3, 0.4) is 0 Å². The van der Waals surface area contributed by atoms with Crippen molar-refractivity contribution in [2.24, 2.45) is 11.1 Å². The zero-order valence-corrected chi connectivity index (χ0v) is 24.8. The molecule has 11 heteroatoms. The Hall–Kier alpha value is -3.57. The molecule has 0 spiro atoms. The normalized spacial score (nSPS) is 20.9. The number of carbonyl (C=O) groups excluding carboxylic acids is 2. The molecule has 0 bridgehead atoms. The van der Waals surface area contributed by atoms with Gasteiger partial charge in [-0.3, -0.25) is 14.5 Å². The van der Waals surface area contributed by atoms with E-state index >= 15 is 0 Å². The molecular weight excluding hydrogens is 546 g/mol. The van der Waals surface area contributed by atoms with E-state index in [2.05, 4.69) is 48.9 Å². The van der Waals surface area contributed by atoms with Crippen molar-refractivity contribution in [3.05, 3.63) is 53.5 Å². The molecule has 0 radical (unpaired) electrons. The summed E-state index contributed by atoms with van der Waals surface area (Å²) in [6.45, 7) is 3.59. The number of nitrogens with one attached hydrogen (secondary N) is 2. The number of nitrogens with zero attached hydrogens (tertiary/aromatic N) is 5. The quantitative estimate of drug-likeness (QED) is 0.269. The lowest BCUT2D eigenvalue weighted by atomic mass is 10.00. The van der Waals surface area contributed by atoms with Gasteiger partial charge < -0.3 is 25.5 Å². The molecule has 3 N–H and O–H groups in total. The number of fused-ring (bicyclic) bond motifs is 1. The van der Waals surface area contributed by atoms with Gasteiger partial charge in [-0.25, -0.2) is 9.97 Å². The van der Waals surface area contributed by atoms with Gasteiger partial charge in [0.1, 0.15) is 29.7 Å². The number of hydrogen-bond donors (Lipinski definition) is 3. The van der Waals surface area contributed by atoms with E-state index in [-0.39, 0.29) is 42.1 Å². The first-order valence-corrected chi connectivity index (χ1v) is 15.9. The van der Waals surface area contributed by atoms with Crippen molar-refractivity contribution in [1.29, 1.82) is 0 Å². The van der Waals surface area contributed by atoms with Crippen molar-refractivity contribution in [3.63, 3.8) is 0 Å². The third kappa shape index (κ3) is 7.88. The molecule has 230 valence electrons. The summed E-state index contributed by atoms with van der Waals surface area (Å²) in [5, 5.41) is 21.2. The zero-order valence-electron chi connectivity index (χ0n) is 24.8. The van der Waals surface area contributed by atoms with Crippen molar-refractivity contribution >= 4 is 23.3 Å². The van der Waals surface area contributed by atoms with E-state index in [1.54, 1.807) is 6.07 Å². The van der Waals surface area contributed by atoms with Crippen LogP contribution in [-0.4, -0.2) is 93.4 Å². The fourth-order valence-electron chi connectivity index (χ4n) is 6.30. The summed E-state index contributed by atoms with van der Waals surface area (Å²) in [7, 11) is 0. The van der Waals surface area contributed by atoms with Crippen molar-refractivity contribution < 1.29 is 19.5 Å². The SMILES string of the molecule is O=C(NC[C@H](O)CN1CCc2ccccc2C1)c1cc(NC2CCN(C(=O)C(=NOC3CCCC3)C3CC3)CC2)ncn1. The van der Waals surface area contributed by atoms with Gasteiger partial charge in [0.05, 0.1) is 6.10 Å². The van der Waals surface area contributed by atoms with Crippen molar-refractivity contribution in [1.82, 2.24) is 25.1 Å². The van der Waals surface area contributed by atoms with Crippen molar-refractivity contribution in [2.45, 2.75) is 82.6 Å². The van der Waals surface area contributed by atoms with E-state index in [1.165, 1.54) is 30.3 Å². The Bertz CT molecular complexity index is 1300. The van der Waals surface area contributed by atoms with Gasteiger partial charge in [-0.15, -0.1) is 0 Å². The zero-order chi connectivity index (χ0) is 29.6. The Kier molecular flexibility index (Phi) is 9.48. The average Bonchev–Trinajstić information content (AvgIpc) is 3.73. The summed E-state index contributed by atoms with van der Waals surface area (Å²) in [5.74, 6) is 0.467. The molecular formula is C32H43N7O4. The maximum atomic E-state index is 13.2. The molecule has 11 nitrogen and oxygen atoms in total. The van der Waals surface area contributed by atoms with E-state index in [0.717, 1.165) is 58.0 Å². The predicted octanol–water partition coefficient (Wildman–Crippen LogP) is 2.75. The van der Waals surface area contributed by atoms with Gasteiger partial charge in [0.25, 0.3) is 11.8 Å². The van der Waals surface area contributed by atoms with Crippen LogP contribution in [0, 0.1) is 5.92 Å². The summed E-state index contributed by atoms with van der Waals surface area (Å²) >= 11 is 0. The largest absolute Gasteiger partial charge is 0.392 e. The fraction of sp³-hybridized carbons (Fsp3) is 0.594. The first kappa shape index (κ1) is 29.5. The molecule has 1 aromatic carbocycles. The lowest BCUT2D eigenvalue weighted by Crippen LogP contribution is -2.45. The first-order valence-electron chi connectivity index (χ1n) is 15.9. The minimum atomic E-state index is -0.679. The van der Waals surface area contributed by atoms with E-state index < -0.39 is 6.10 Å². The average molecular weight is 590 g/mol. The highest BCUT2D eigenvalue weighted by Crippen LogP contribution is 2.33. The Morgan fingerprint density at radius 3 is 2.56 bits per heavy atom. The second kappa shape index (κ2) is 13.8. The summed E-state index contributed by atoms with van der Waals surface area (Å²) in [6.07, 6.45) is 9.75. The maximum Gasteiger partial charge on any atom is 0.271 e. The molecule has 43 heavy (non-hydrogen) atoms. The molecule has 2 saturated carbocycles. The maximum absolute atomic E-state index is 13.2. The number of aliphatic hydroxyl groups excluding tert-OH is 1. The summed E-state index contributed by atoms with van der Waals surface area (Å²) in [5.41, 5.74) is 3.50. The number of amides is 2. The Labute approximate surface area is 253 Å². The molecule has 3 fully saturated rings. The highest BCUT2D eigenvalue weighted by atomic mass is 16.6. The summed E-state index contributed by atoms with van der Waals surface area (Å²) < 4.78 is 0. The molecule has 2 aliphatic carbocycles. The second-order valence-corrected chi connectivity index (χ2v) is 12.4. The number of hydrogen-bond acceptors (Lipinski definition) is 9. The molecule has 6 rings (SSSR count). The van der Waals surface area contributed by atoms with Crippen molar-refractivity contribution in [2.75, 3.05) is 38.0 Å². The Morgan fingerprint density at radius 1 is 1.02 bits per heavy atom. The highest BCUT2D eigenvalue weighted by molar-refractivity contribution is 6.40. The topological polar surface area (TPSA) is 132 Å². The number of oxime groups is 1. The highest BCUT2D eigenvalue weighted by Gasteiger charge is 2.37. The lowest BCUT2D eigenvalue weighted by molar-refractivity contribution is -0.125. The number of rotatable bonds is 11. The standard InChI is InChI=1S/C32H43N7O4/c40-26(20-38-14-11-22-5-1-2-6-24(22)19-38)18-33-31(41)28-17-29(35-21-34-28)36-25-12-15-39(16-13-25)32(42)30(23-9-10-23)37-43-27-7-3-4-8-27/h1-2,5-6,17,21,23,25-27,40H,3-4,7-16,18-20H2,(H,33,41)(H,34,35,36)/t26-/m0/s1. The lowest BCUT2D eigenvalue weighted by Gasteiger charge is -2.32. The number of likely N-dealkylation sites (tertiary alicyclic amines) is 1. The van der Waals surface area contributed by atoms with Gasteiger partial charge >= 0.3 is 0 Å². The van der Waals surface area contributed by atoms with E-state index in [1.807, 2.05) is 11.0 Å². The summed E-state index contributed by atoms with van der Waals surface area (Å²) in [4.78, 5) is 44.4. The molecule has 3 heterocycles. The minimum Gasteiger partial charge on any atom is -0.392 e. The monoisotopic (exact) mass is 589 g/mol. The smallest absolute Gasteiger partial charge is 0.271 e. The van der Waals surface area contributed by atoms with Gasteiger partial charge in [0.15, 0.2) is 0 Å². The third-order valence-corrected chi connectivity index (χ3v) is 9.00. The van der Waals surface area contributed by atoms with E-state index in [4.69, 9.17) is 4.84 Å². The second-order valence-electron chi connectivity index (χ2n) is 12.4. The third-order valence-electron chi connectivity index (χ3n) is 9.00. The number of β-amino-alcohol motifs (C(OH)–C–C–N with tert-alkyl or cyclic N) is 1. The molecule has 2 aliphatic heterocycles. The van der Waals surface area contributed by atoms with Crippen LogP contribution in [0.5, 0.6) is 0 Å². The van der Waals surface area contributed by atoms with Crippen LogP contribution in [0.2, 0.25) is 0 Å². The number of carbonyl (C=O) groups is 2. The van der Waals surface area contributed by atoms with Gasteiger partial charge in [-0.05, 0) is 68.9 Å². The predicted molar refractivity (Wildman–Crippen MR) is 163 cm³/mol. The Balaban J connectivity index is 0.942. The van der Waals surface area contributed by atoms with Gasteiger partial charge in [-0.2, -0.15) is 0 Å². The number of aromatic nitrogens is 2. The number of benzene rings is 1. The molecule has 4 aliphatic rings. The summed E-state index contributed by atoms with van der Waals surface area (Å²) in [6, 6.07) is 10.2. The van der Waals surface area contributed by atoms with Gasteiger partial charge in [0.2, 0.25) is 0 Å². The van der Waals surface area contributed by atoms with Crippen LogP contribution in [0.25, 0.3) is 0 Å². The Morgan fingerprint density at radius 2 is 1.79 bits per heavy atom. The molecule has 1 saturated heterocycles. The van der Waals surface area contributed by atoms with Gasteiger partial charge in [-0.1, -0.05) is 29.4 Å². The molecule has 2 amide bonds. The van der Waals surface area contributed by atoms with Crippen LogP contribution in [0.1, 0.15) is 73.0 Å². The molecule has 1 atom stereocenters. The molecule has 1 aromatic heterocycles. The number of aliphatic hydroxyl groups is 1. The van der Waals surface area contributed by atoms with Crippen molar-refractivity contribution in [3.8, 4) is 0 Å². The number of piperidine rings is 1. The van der Waals surface area contributed by atoms with Crippen LogP contribution in [0.4, 0.5) is 5.82 Å². The van der Waals surface area contributed by atoms with E-state index in [0.29, 0.717) is 31.2 Å². The van der Waals surface area contributed by atoms with Crippen LogP contribution >= 0.6 is 0 Å². The number of anilines is 1. The molecule has 2 aromatic rings. The van der Waals surface area contributed by atoms with Crippen LogP contribution < -0.4 is 10.6 Å². The van der Waals surface area contributed by atoms with Gasteiger partial charge in [0, 0.05) is 57.3 Å². The first-order chi connectivity index (χ1) is 21.0. The van der Waals surface area contributed by atoms with E-state index in [9.17, 15) is 14.7 Å².